The Labute approximate surface area is 265 Å². The van der Waals surface area contributed by atoms with Gasteiger partial charge in [-0.05, 0) is 87.1 Å². The van der Waals surface area contributed by atoms with E-state index in [9.17, 15) is 19.5 Å². The third-order valence-corrected chi connectivity index (χ3v) is 12.1. The zero-order chi connectivity index (χ0) is 32.8. The SMILES string of the molecule is COC(=O)[C@H](CNC(=O)OC(C)(C)C)NC(=O)c1c(Cl)cc(CCC(O)c2cccc(O[Si](C)(C)C(C)(C)C)c2)cc1Cl. The van der Waals surface area contributed by atoms with Crippen LogP contribution in [0, 0.1) is 0 Å². The number of amides is 2. The Bertz CT molecular complexity index is 1280. The summed E-state index contributed by atoms with van der Waals surface area (Å²) in [5, 5.41) is 16.0. The van der Waals surface area contributed by atoms with E-state index in [1.807, 2.05) is 24.3 Å². The quantitative estimate of drug-likeness (QED) is 0.179. The second-order valence-electron chi connectivity index (χ2n) is 12.9. The van der Waals surface area contributed by atoms with Crippen LogP contribution in [-0.2, 0) is 20.7 Å². The molecule has 3 N–H and O–H groups in total. The minimum absolute atomic E-state index is 0.0331. The van der Waals surface area contributed by atoms with Crippen LogP contribution in [0.3, 0.4) is 0 Å². The fourth-order valence-corrected chi connectivity index (χ4v) is 5.48. The van der Waals surface area contributed by atoms with Crippen LogP contribution >= 0.6 is 23.2 Å². The summed E-state index contributed by atoms with van der Waals surface area (Å²) in [6, 6.07) is 9.46. The molecule has 2 aromatic carbocycles. The van der Waals surface area contributed by atoms with Crippen LogP contribution in [0.1, 0.15) is 75.6 Å². The van der Waals surface area contributed by atoms with E-state index in [0.717, 1.165) is 24.0 Å². The molecule has 0 aliphatic carbocycles. The predicted molar refractivity (Wildman–Crippen MR) is 172 cm³/mol. The summed E-state index contributed by atoms with van der Waals surface area (Å²) < 4.78 is 16.3. The van der Waals surface area contributed by atoms with Crippen molar-refractivity contribution in [2.24, 2.45) is 0 Å². The van der Waals surface area contributed by atoms with Gasteiger partial charge in [-0.3, -0.25) is 4.79 Å². The molecule has 1 unspecified atom stereocenters. The first-order valence-corrected chi connectivity index (χ1v) is 17.7. The lowest BCUT2D eigenvalue weighted by Gasteiger charge is -2.36. The Balaban J connectivity index is 2.10. The van der Waals surface area contributed by atoms with Crippen molar-refractivity contribution in [3.05, 3.63) is 63.1 Å². The standard InChI is InChI=1S/C31H44Cl2N2O7Si/c1-30(2,3)41-29(39)34-18-24(28(38)40-7)35-27(37)26-22(32)15-19(16-23(26)33)13-14-25(36)20-11-10-12-21(17-20)42-43(8,9)31(4,5)6/h10-12,15-17,24-25,36H,13-14,18H2,1-9H3,(H,34,39)(H,35,37)/t24-,25?/m0/s1. The predicted octanol–water partition coefficient (Wildman–Crippen LogP) is 6.84. The number of rotatable bonds is 11. The fourth-order valence-electron chi connectivity index (χ4n) is 3.76. The molecule has 238 valence electrons. The van der Waals surface area contributed by atoms with Crippen LogP contribution in [-0.4, -0.2) is 56.7 Å². The summed E-state index contributed by atoms with van der Waals surface area (Å²) in [6.45, 7) is 15.7. The normalized spacial score (nSPS) is 13.5. The maximum atomic E-state index is 13.1. The number of carbonyl (C=O) groups is 3. The molecule has 0 bridgehead atoms. The Morgan fingerprint density at radius 2 is 1.60 bits per heavy atom. The number of hydrogen-bond acceptors (Lipinski definition) is 7. The molecule has 0 aromatic heterocycles. The molecular weight excluding hydrogens is 611 g/mol. The molecule has 2 atom stereocenters. The van der Waals surface area contributed by atoms with Crippen molar-refractivity contribution in [3.63, 3.8) is 0 Å². The monoisotopic (exact) mass is 654 g/mol. The van der Waals surface area contributed by atoms with E-state index in [0.29, 0.717) is 12.8 Å². The van der Waals surface area contributed by atoms with Gasteiger partial charge in [0.25, 0.3) is 5.91 Å². The van der Waals surface area contributed by atoms with Crippen LogP contribution in [0.5, 0.6) is 5.75 Å². The van der Waals surface area contributed by atoms with Crippen molar-refractivity contribution in [3.8, 4) is 5.75 Å². The number of carbonyl (C=O) groups excluding carboxylic acids is 3. The smallest absolute Gasteiger partial charge is 0.407 e. The average molecular weight is 656 g/mol. The summed E-state index contributed by atoms with van der Waals surface area (Å²) in [4.78, 5) is 37.4. The second kappa shape index (κ2) is 14.8. The van der Waals surface area contributed by atoms with Crippen LogP contribution < -0.4 is 15.1 Å². The summed E-state index contributed by atoms with van der Waals surface area (Å²) in [6.07, 6.45) is -0.710. The van der Waals surface area contributed by atoms with Crippen molar-refractivity contribution in [2.75, 3.05) is 13.7 Å². The third kappa shape index (κ3) is 11.0. The fraction of sp³-hybridized carbons (Fsp3) is 0.516. The number of nitrogens with one attached hydrogen (secondary N) is 2. The molecule has 0 heterocycles. The molecule has 0 saturated heterocycles. The molecule has 0 radical (unpaired) electrons. The van der Waals surface area contributed by atoms with E-state index in [1.165, 1.54) is 0 Å². The van der Waals surface area contributed by atoms with E-state index in [4.69, 9.17) is 37.1 Å². The van der Waals surface area contributed by atoms with Gasteiger partial charge in [-0.2, -0.15) is 0 Å². The molecule has 9 nitrogen and oxygen atoms in total. The Kier molecular flexibility index (Phi) is 12.5. The molecule has 0 saturated carbocycles. The lowest BCUT2D eigenvalue weighted by molar-refractivity contribution is -0.142. The van der Waals surface area contributed by atoms with Crippen LogP contribution in [0.25, 0.3) is 0 Å². The van der Waals surface area contributed by atoms with Gasteiger partial charge in [0.2, 0.25) is 8.32 Å². The van der Waals surface area contributed by atoms with Gasteiger partial charge in [0.1, 0.15) is 17.4 Å². The average Bonchev–Trinajstić information content (AvgIpc) is 2.87. The van der Waals surface area contributed by atoms with E-state index in [1.54, 1.807) is 32.9 Å². The zero-order valence-corrected chi connectivity index (χ0v) is 28.9. The number of methoxy groups -OCH3 is 1. The van der Waals surface area contributed by atoms with Crippen LogP contribution in [0.15, 0.2) is 36.4 Å². The highest BCUT2D eigenvalue weighted by atomic mass is 35.5. The van der Waals surface area contributed by atoms with Gasteiger partial charge < -0.3 is 29.6 Å². The maximum Gasteiger partial charge on any atom is 0.407 e. The van der Waals surface area contributed by atoms with Crippen molar-refractivity contribution < 1.29 is 33.4 Å². The number of aliphatic hydroxyl groups is 1. The number of benzene rings is 2. The number of esters is 1. The Morgan fingerprint density at radius 3 is 2.14 bits per heavy atom. The lowest BCUT2D eigenvalue weighted by atomic mass is 10.00. The van der Waals surface area contributed by atoms with Gasteiger partial charge in [0.15, 0.2) is 0 Å². The zero-order valence-electron chi connectivity index (χ0n) is 26.4. The summed E-state index contributed by atoms with van der Waals surface area (Å²) in [7, 11) is -0.871. The van der Waals surface area contributed by atoms with Crippen LogP contribution in [0.4, 0.5) is 4.79 Å². The molecular formula is C31H44Cl2N2O7Si. The van der Waals surface area contributed by atoms with E-state index < -0.39 is 44.0 Å². The number of alkyl carbamates (subject to hydrolysis) is 1. The van der Waals surface area contributed by atoms with Gasteiger partial charge in [-0.1, -0.05) is 56.1 Å². The molecule has 2 rings (SSSR count). The largest absolute Gasteiger partial charge is 0.543 e. The molecule has 0 spiro atoms. The van der Waals surface area contributed by atoms with Gasteiger partial charge in [-0.15, -0.1) is 0 Å². The first-order valence-electron chi connectivity index (χ1n) is 14.0. The van der Waals surface area contributed by atoms with E-state index >= 15 is 0 Å². The molecule has 0 aliphatic rings. The number of aliphatic hydroxyl groups excluding tert-OH is 1. The summed E-state index contributed by atoms with van der Waals surface area (Å²) in [5.74, 6) is -0.765. The van der Waals surface area contributed by atoms with Crippen molar-refractivity contribution in [1.82, 2.24) is 10.6 Å². The van der Waals surface area contributed by atoms with Gasteiger partial charge in [0, 0.05) is 0 Å². The summed E-state index contributed by atoms with van der Waals surface area (Å²) >= 11 is 12.9. The first kappa shape index (κ1) is 36.4. The lowest BCUT2D eigenvalue weighted by Crippen LogP contribution is -2.49. The third-order valence-electron chi connectivity index (χ3n) is 7.10. The van der Waals surface area contributed by atoms with Crippen molar-refractivity contribution >= 4 is 49.5 Å². The minimum Gasteiger partial charge on any atom is -0.543 e. The molecule has 2 amide bonds. The molecule has 43 heavy (non-hydrogen) atoms. The maximum absolute atomic E-state index is 13.1. The highest BCUT2D eigenvalue weighted by Crippen LogP contribution is 2.38. The first-order chi connectivity index (χ1) is 19.7. The molecule has 0 fully saturated rings. The number of halogens is 2. The Morgan fingerprint density at radius 1 is 1.00 bits per heavy atom. The van der Waals surface area contributed by atoms with Crippen LogP contribution in [0.2, 0.25) is 28.2 Å². The van der Waals surface area contributed by atoms with Crippen molar-refractivity contribution in [2.45, 2.75) is 90.3 Å². The molecule has 0 aliphatic heterocycles. The molecule has 12 heteroatoms. The number of hydrogen-bond donors (Lipinski definition) is 3. The topological polar surface area (TPSA) is 123 Å². The summed E-state index contributed by atoms with van der Waals surface area (Å²) in [5.41, 5.74) is 0.679. The number of ether oxygens (including phenoxy) is 2. The van der Waals surface area contributed by atoms with Gasteiger partial charge in [-0.25, -0.2) is 9.59 Å². The highest BCUT2D eigenvalue weighted by Gasteiger charge is 2.39. The van der Waals surface area contributed by atoms with Crippen molar-refractivity contribution in [1.29, 1.82) is 0 Å². The van der Waals surface area contributed by atoms with E-state index in [-0.39, 0.29) is 27.2 Å². The highest BCUT2D eigenvalue weighted by molar-refractivity contribution is 6.74. The molecule has 2 aromatic rings. The van der Waals surface area contributed by atoms with E-state index in [2.05, 4.69) is 44.5 Å². The second-order valence-corrected chi connectivity index (χ2v) is 18.4. The number of aryl methyl sites for hydroxylation is 1. The Hall–Kier alpha value is -2.79. The minimum atomic E-state index is -2.03. The van der Waals surface area contributed by atoms with Gasteiger partial charge >= 0.3 is 12.1 Å². The van der Waals surface area contributed by atoms with Gasteiger partial charge in [0.05, 0.1) is 35.4 Å².